The largest absolute Gasteiger partial charge is 0.300 e. The summed E-state index contributed by atoms with van der Waals surface area (Å²) >= 11 is 0. The molecule has 1 aliphatic carbocycles. The Kier molecular flexibility index (Phi) is 23.8. The van der Waals surface area contributed by atoms with Crippen LogP contribution < -0.4 is 0 Å². The number of aldehydes is 1. The fraction of sp³-hybridized carbons (Fsp3) is 0.714. The molecular formula is C35H60O4. The summed E-state index contributed by atoms with van der Waals surface area (Å²) in [6, 6.07) is 8.23. The lowest BCUT2D eigenvalue weighted by Crippen LogP contribution is -2.12. The number of Topliss-reactive ketones (excluding diaryl/α,β-unsaturated/α-hetero) is 3. The highest BCUT2D eigenvalue weighted by Crippen LogP contribution is 2.35. The van der Waals surface area contributed by atoms with E-state index in [0.717, 1.165) is 18.8 Å². The molecule has 3 atom stereocenters. The number of carbonyl (C=O) groups is 4. The molecule has 0 aliphatic heterocycles. The van der Waals surface area contributed by atoms with Gasteiger partial charge in [0.2, 0.25) is 0 Å². The van der Waals surface area contributed by atoms with Gasteiger partial charge < -0.3 is 0 Å². The summed E-state index contributed by atoms with van der Waals surface area (Å²) in [6.45, 7) is 19.8. The Hall–Kier alpha value is -2.10. The van der Waals surface area contributed by atoms with Crippen molar-refractivity contribution in [2.75, 3.05) is 0 Å². The van der Waals surface area contributed by atoms with Crippen LogP contribution in [0, 0.1) is 36.5 Å². The summed E-state index contributed by atoms with van der Waals surface area (Å²) in [7, 11) is 0. The highest BCUT2D eigenvalue weighted by molar-refractivity contribution is 6.25. The third-order valence-electron chi connectivity index (χ3n) is 7.57. The zero-order valence-electron chi connectivity index (χ0n) is 27.0. The second kappa shape index (κ2) is 23.8. The number of hydrogen-bond donors (Lipinski definition) is 0. The van der Waals surface area contributed by atoms with Gasteiger partial charge in [-0.3, -0.25) is 19.2 Å². The molecule has 0 spiro atoms. The summed E-state index contributed by atoms with van der Waals surface area (Å²) in [4.78, 5) is 42.4. The highest BCUT2D eigenvalue weighted by atomic mass is 16.2. The molecule has 0 aromatic heterocycles. The predicted molar refractivity (Wildman–Crippen MR) is 166 cm³/mol. The maximum absolute atomic E-state index is 11.1. The lowest BCUT2D eigenvalue weighted by molar-refractivity contribution is -0.132. The minimum Gasteiger partial charge on any atom is -0.300 e. The average molecular weight is 545 g/mol. The summed E-state index contributed by atoms with van der Waals surface area (Å²) in [6.07, 6.45) is 13.2. The van der Waals surface area contributed by atoms with E-state index in [1.54, 1.807) is 13.8 Å². The molecule has 1 aromatic carbocycles. The zero-order valence-corrected chi connectivity index (χ0v) is 27.0. The molecule has 224 valence electrons. The van der Waals surface area contributed by atoms with E-state index in [2.05, 4.69) is 46.8 Å². The minimum atomic E-state index is -0.244. The van der Waals surface area contributed by atoms with Crippen molar-refractivity contribution in [2.24, 2.45) is 29.6 Å². The molecule has 0 amide bonds. The van der Waals surface area contributed by atoms with Crippen LogP contribution in [0.4, 0.5) is 0 Å². The van der Waals surface area contributed by atoms with Crippen LogP contribution in [0.5, 0.6) is 0 Å². The maximum Gasteiger partial charge on any atom is 0.197 e. The molecule has 1 aromatic rings. The molecule has 0 radical (unpaired) electrons. The van der Waals surface area contributed by atoms with E-state index in [-0.39, 0.29) is 29.3 Å². The number of rotatable bonds is 14. The molecule has 2 rings (SSSR count). The molecule has 0 saturated heterocycles. The summed E-state index contributed by atoms with van der Waals surface area (Å²) in [5, 5.41) is 0. The molecule has 4 heteroatoms. The van der Waals surface area contributed by atoms with Crippen molar-refractivity contribution in [1.82, 2.24) is 0 Å². The van der Waals surface area contributed by atoms with Crippen molar-refractivity contribution < 1.29 is 19.2 Å². The van der Waals surface area contributed by atoms with Crippen LogP contribution in [0.2, 0.25) is 0 Å². The fourth-order valence-electron chi connectivity index (χ4n) is 3.72. The first-order valence-corrected chi connectivity index (χ1v) is 15.4. The number of unbranched alkanes of at least 4 members (excludes halogenated alkanes) is 5. The number of carbonyl (C=O) groups excluding carboxylic acids is 4. The molecule has 1 fully saturated rings. The van der Waals surface area contributed by atoms with Crippen molar-refractivity contribution in [1.29, 1.82) is 0 Å². The Morgan fingerprint density at radius 2 is 1.33 bits per heavy atom. The second-order valence-electron chi connectivity index (χ2n) is 11.8. The van der Waals surface area contributed by atoms with Crippen molar-refractivity contribution in [3.05, 3.63) is 35.4 Å². The summed E-state index contributed by atoms with van der Waals surface area (Å²) in [5.41, 5.74) is 2.56. The quantitative estimate of drug-likeness (QED) is 0.133. The molecule has 2 unspecified atom stereocenters. The molecule has 1 saturated carbocycles. The van der Waals surface area contributed by atoms with Crippen molar-refractivity contribution in [3.63, 3.8) is 0 Å². The van der Waals surface area contributed by atoms with Gasteiger partial charge >= 0.3 is 0 Å². The Morgan fingerprint density at radius 1 is 0.821 bits per heavy atom. The number of ketones is 3. The van der Waals surface area contributed by atoms with E-state index in [4.69, 9.17) is 0 Å². The molecule has 4 nitrogen and oxygen atoms in total. The first-order valence-electron chi connectivity index (χ1n) is 15.4. The van der Waals surface area contributed by atoms with Crippen LogP contribution in [0.1, 0.15) is 131 Å². The fourth-order valence-corrected chi connectivity index (χ4v) is 3.72. The van der Waals surface area contributed by atoms with E-state index in [1.165, 1.54) is 62.5 Å². The van der Waals surface area contributed by atoms with Gasteiger partial charge in [0.1, 0.15) is 11.6 Å². The van der Waals surface area contributed by atoms with Crippen LogP contribution in [0.3, 0.4) is 0 Å². The number of aryl methyl sites for hydroxylation is 1. The minimum absolute atomic E-state index is 0.0370. The van der Waals surface area contributed by atoms with Crippen LogP contribution in [0.25, 0.3) is 0 Å². The van der Waals surface area contributed by atoms with Gasteiger partial charge in [-0.15, -0.1) is 0 Å². The van der Waals surface area contributed by atoms with Gasteiger partial charge in [-0.25, -0.2) is 0 Å². The van der Waals surface area contributed by atoms with Crippen molar-refractivity contribution in [2.45, 2.75) is 133 Å². The molecule has 1 aliphatic rings. The van der Waals surface area contributed by atoms with Crippen molar-refractivity contribution >= 4 is 23.6 Å². The first kappa shape index (κ1) is 39.0. The monoisotopic (exact) mass is 544 g/mol. The average Bonchev–Trinajstić information content (AvgIpc) is 3.72. The first-order chi connectivity index (χ1) is 18.3. The third-order valence-corrected chi connectivity index (χ3v) is 7.57. The van der Waals surface area contributed by atoms with Gasteiger partial charge in [-0.05, 0) is 56.6 Å². The van der Waals surface area contributed by atoms with E-state index < -0.39 is 0 Å². The van der Waals surface area contributed by atoms with Crippen molar-refractivity contribution in [3.8, 4) is 0 Å². The van der Waals surface area contributed by atoms with Crippen LogP contribution in [-0.2, 0) is 25.6 Å². The Morgan fingerprint density at radius 3 is 1.67 bits per heavy atom. The van der Waals surface area contributed by atoms with Crippen LogP contribution in [0.15, 0.2) is 24.3 Å². The Balaban J connectivity index is 0. The predicted octanol–water partition coefficient (Wildman–Crippen LogP) is 9.19. The van der Waals surface area contributed by atoms with Gasteiger partial charge in [-0.1, -0.05) is 124 Å². The van der Waals surface area contributed by atoms with E-state index in [9.17, 15) is 19.2 Å². The van der Waals surface area contributed by atoms with E-state index >= 15 is 0 Å². The van der Waals surface area contributed by atoms with Gasteiger partial charge in [0.05, 0.1) is 0 Å². The maximum atomic E-state index is 11.1. The topological polar surface area (TPSA) is 68.3 Å². The highest BCUT2D eigenvalue weighted by Gasteiger charge is 2.26. The smallest absolute Gasteiger partial charge is 0.197 e. The summed E-state index contributed by atoms with van der Waals surface area (Å²) in [5.74, 6) is 1.88. The SMILES string of the molecule is CC(=O)C(C)Cc1ccccc1C.CC(=O)[C@H](C)C(C)C.CC(CC1CC1)C(=O)C=O.CCCCCCCC. The van der Waals surface area contributed by atoms with Crippen LogP contribution in [-0.4, -0.2) is 23.6 Å². The number of hydrogen-bond acceptors (Lipinski definition) is 4. The molecule has 0 heterocycles. The van der Waals surface area contributed by atoms with Gasteiger partial charge in [0, 0.05) is 17.8 Å². The van der Waals surface area contributed by atoms with Gasteiger partial charge in [-0.2, -0.15) is 0 Å². The second-order valence-corrected chi connectivity index (χ2v) is 11.8. The normalized spacial score (nSPS) is 14.2. The zero-order chi connectivity index (χ0) is 30.4. The Bertz CT molecular complexity index is 801. The Labute approximate surface area is 241 Å². The molecular weight excluding hydrogens is 484 g/mol. The van der Waals surface area contributed by atoms with E-state index in [1.807, 2.05) is 32.9 Å². The molecule has 0 N–H and O–H groups in total. The lowest BCUT2D eigenvalue weighted by atomic mass is 9.95. The van der Waals surface area contributed by atoms with E-state index in [0.29, 0.717) is 18.0 Å². The summed E-state index contributed by atoms with van der Waals surface area (Å²) < 4.78 is 0. The van der Waals surface area contributed by atoms with Gasteiger partial charge in [0.15, 0.2) is 12.1 Å². The standard InChI is InChI=1S/C12H16O.C8H12O2.C8H18.C7H14O/c1-9-6-4-5-7-12(9)8-10(2)11(3)13;1-6(8(10)5-9)4-7-2-3-7;1-3-5-7-8-6-4-2;1-5(2)6(3)7(4)8/h4-7,10H,8H2,1-3H3;5-7H,2-4H2,1H3;3-8H2,1-2H3;5-6H,1-4H3/t;;;6-/m...1/s1. The third kappa shape index (κ3) is 22.4. The molecule has 0 bridgehead atoms. The van der Waals surface area contributed by atoms with Crippen LogP contribution >= 0.6 is 0 Å². The van der Waals surface area contributed by atoms with Gasteiger partial charge in [0.25, 0.3) is 0 Å². The lowest BCUT2D eigenvalue weighted by Gasteiger charge is -2.09. The number of benzene rings is 1. The molecule has 39 heavy (non-hydrogen) atoms.